The molecule has 0 aromatic heterocycles. The average molecular weight is 369 g/mol. The number of ether oxygens (including phenoxy) is 2. The van der Waals surface area contributed by atoms with Crippen LogP contribution in [0.1, 0.15) is 23.2 Å². The second-order valence-corrected chi connectivity index (χ2v) is 6.29. The standard InChI is InChI=1S/C20H23N3O4/c21-20(25)14-5-3-6-15(11-14)23-19(24)12-22-17-8-1-2-9-18(17)27-13-16-7-4-10-26-16/h1-3,5-6,8-9,11,16,22H,4,7,10,12-13H2,(H2,21,25)(H,23,24). The number of benzene rings is 2. The molecule has 7 nitrogen and oxygen atoms in total. The lowest BCUT2D eigenvalue weighted by atomic mass is 10.2. The van der Waals surface area contributed by atoms with Gasteiger partial charge < -0.3 is 25.8 Å². The molecule has 27 heavy (non-hydrogen) atoms. The van der Waals surface area contributed by atoms with Crippen LogP contribution in [0, 0.1) is 0 Å². The van der Waals surface area contributed by atoms with E-state index in [4.69, 9.17) is 15.2 Å². The predicted octanol–water partition coefficient (Wildman–Crippen LogP) is 2.39. The molecule has 4 N–H and O–H groups in total. The summed E-state index contributed by atoms with van der Waals surface area (Å²) in [6.07, 6.45) is 2.19. The first-order valence-electron chi connectivity index (χ1n) is 8.89. The Morgan fingerprint density at radius 3 is 2.81 bits per heavy atom. The van der Waals surface area contributed by atoms with E-state index in [1.807, 2.05) is 24.3 Å². The highest BCUT2D eigenvalue weighted by Crippen LogP contribution is 2.25. The Bertz CT molecular complexity index is 803. The summed E-state index contributed by atoms with van der Waals surface area (Å²) in [7, 11) is 0. The fourth-order valence-electron chi connectivity index (χ4n) is 2.83. The number of carbonyl (C=O) groups is 2. The summed E-state index contributed by atoms with van der Waals surface area (Å²) in [5, 5.41) is 5.81. The van der Waals surface area contributed by atoms with Crippen LogP contribution in [0.4, 0.5) is 11.4 Å². The molecular formula is C20H23N3O4. The minimum absolute atomic E-state index is 0.0566. The van der Waals surface area contributed by atoms with Crippen molar-refractivity contribution in [3.8, 4) is 5.75 Å². The van der Waals surface area contributed by atoms with Gasteiger partial charge in [0.25, 0.3) is 0 Å². The van der Waals surface area contributed by atoms with Crippen molar-refractivity contribution in [2.45, 2.75) is 18.9 Å². The molecule has 0 spiro atoms. The van der Waals surface area contributed by atoms with Crippen LogP contribution in [-0.4, -0.2) is 37.7 Å². The minimum Gasteiger partial charge on any atom is -0.489 e. The molecular weight excluding hydrogens is 346 g/mol. The van der Waals surface area contributed by atoms with Crippen molar-refractivity contribution < 1.29 is 19.1 Å². The fourth-order valence-corrected chi connectivity index (χ4v) is 2.83. The molecule has 2 aromatic carbocycles. The zero-order valence-corrected chi connectivity index (χ0v) is 14.9. The summed E-state index contributed by atoms with van der Waals surface area (Å²) in [6.45, 7) is 1.33. The molecule has 1 aliphatic heterocycles. The van der Waals surface area contributed by atoms with Gasteiger partial charge in [-0.1, -0.05) is 18.2 Å². The number of hydrogen-bond acceptors (Lipinski definition) is 5. The molecule has 1 heterocycles. The summed E-state index contributed by atoms with van der Waals surface area (Å²) < 4.78 is 11.4. The largest absolute Gasteiger partial charge is 0.489 e. The number of amides is 2. The molecule has 0 saturated carbocycles. The third-order valence-corrected chi connectivity index (χ3v) is 4.21. The van der Waals surface area contributed by atoms with Gasteiger partial charge in [-0.05, 0) is 43.2 Å². The van der Waals surface area contributed by atoms with Gasteiger partial charge in [0, 0.05) is 17.9 Å². The third kappa shape index (κ3) is 5.46. The number of anilines is 2. The molecule has 2 amide bonds. The first-order valence-corrected chi connectivity index (χ1v) is 8.89. The van der Waals surface area contributed by atoms with Crippen molar-refractivity contribution in [3.05, 3.63) is 54.1 Å². The van der Waals surface area contributed by atoms with Crippen LogP contribution in [0.2, 0.25) is 0 Å². The second-order valence-electron chi connectivity index (χ2n) is 6.29. The Balaban J connectivity index is 1.54. The van der Waals surface area contributed by atoms with Gasteiger partial charge in [0.2, 0.25) is 11.8 Å². The van der Waals surface area contributed by atoms with Crippen LogP contribution >= 0.6 is 0 Å². The topological polar surface area (TPSA) is 103 Å². The highest BCUT2D eigenvalue weighted by Gasteiger charge is 2.16. The molecule has 0 aliphatic carbocycles. The summed E-state index contributed by atoms with van der Waals surface area (Å²) in [5.74, 6) is -0.108. The highest BCUT2D eigenvalue weighted by molar-refractivity contribution is 5.97. The first-order chi connectivity index (χ1) is 13.1. The van der Waals surface area contributed by atoms with E-state index in [0.717, 1.165) is 25.1 Å². The van der Waals surface area contributed by atoms with E-state index in [2.05, 4.69) is 10.6 Å². The second kappa shape index (κ2) is 9.05. The van der Waals surface area contributed by atoms with Gasteiger partial charge in [-0.2, -0.15) is 0 Å². The lowest BCUT2D eigenvalue weighted by Crippen LogP contribution is -2.23. The monoisotopic (exact) mass is 369 g/mol. The summed E-state index contributed by atoms with van der Waals surface area (Å²) in [5.41, 5.74) is 6.84. The molecule has 3 rings (SSSR count). The Hall–Kier alpha value is -3.06. The molecule has 2 aromatic rings. The van der Waals surface area contributed by atoms with Crippen molar-refractivity contribution >= 4 is 23.2 Å². The molecule has 0 bridgehead atoms. The van der Waals surface area contributed by atoms with Crippen LogP contribution in [-0.2, 0) is 9.53 Å². The lowest BCUT2D eigenvalue weighted by Gasteiger charge is -2.15. The van der Waals surface area contributed by atoms with Crippen molar-refractivity contribution in [2.75, 3.05) is 30.4 Å². The molecule has 0 radical (unpaired) electrons. The molecule has 1 fully saturated rings. The number of hydrogen-bond donors (Lipinski definition) is 3. The number of nitrogens with two attached hydrogens (primary N) is 1. The van der Waals surface area contributed by atoms with E-state index < -0.39 is 5.91 Å². The zero-order valence-electron chi connectivity index (χ0n) is 14.9. The van der Waals surface area contributed by atoms with Gasteiger partial charge in [-0.25, -0.2) is 0 Å². The molecule has 142 valence electrons. The van der Waals surface area contributed by atoms with Crippen LogP contribution in [0.25, 0.3) is 0 Å². The molecule has 1 saturated heterocycles. The van der Waals surface area contributed by atoms with Crippen LogP contribution in [0.3, 0.4) is 0 Å². The normalized spacial score (nSPS) is 15.9. The van der Waals surface area contributed by atoms with Crippen LogP contribution in [0.15, 0.2) is 48.5 Å². The maximum Gasteiger partial charge on any atom is 0.248 e. The first kappa shape index (κ1) is 18.7. The van der Waals surface area contributed by atoms with E-state index in [1.54, 1.807) is 24.3 Å². The van der Waals surface area contributed by atoms with Gasteiger partial charge in [-0.15, -0.1) is 0 Å². The van der Waals surface area contributed by atoms with Gasteiger partial charge in [0.05, 0.1) is 18.3 Å². The Morgan fingerprint density at radius 2 is 2.04 bits per heavy atom. The smallest absolute Gasteiger partial charge is 0.248 e. The molecule has 1 unspecified atom stereocenters. The van der Waals surface area contributed by atoms with E-state index in [0.29, 0.717) is 23.6 Å². The van der Waals surface area contributed by atoms with Crippen LogP contribution < -0.4 is 21.1 Å². The quantitative estimate of drug-likeness (QED) is 0.663. The molecule has 7 heteroatoms. The van der Waals surface area contributed by atoms with Gasteiger partial charge in [-0.3, -0.25) is 9.59 Å². The number of carbonyl (C=O) groups excluding carboxylic acids is 2. The maximum atomic E-state index is 12.2. The third-order valence-electron chi connectivity index (χ3n) is 4.21. The predicted molar refractivity (Wildman–Crippen MR) is 103 cm³/mol. The molecule has 1 atom stereocenters. The van der Waals surface area contributed by atoms with Crippen LogP contribution in [0.5, 0.6) is 5.75 Å². The SMILES string of the molecule is NC(=O)c1cccc(NC(=O)CNc2ccccc2OCC2CCCO2)c1. The van der Waals surface area contributed by atoms with Crippen molar-refractivity contribution in [1.29, 1.82) is 0 Å². The average Bonchev–Trinajstić information content (AvgIpc) is 3.19. The summed E-state index contributed by atoms with van der Waals surface area (Å²) in [4.78, 5) is 23.4. The number of primary amides is 1. The lowest BCUT2D eigenvalue weighted by molar-refractivity contribution is -0.114. The summed E-state index contributed by atoms with van der Waals surface area (Å²) in [6, 6.07) is 14.0. The number of rotatable bonds is 8. The van der Waals surface area contributed by atoms with E-state index in [9.17, 15) is 9.59 Å². The van der Waals surface area contributed by atoms with Gasteiger partial charge in [0.15, 0.2) is 0 Å². The van der Waals surface area contributed by atoms with Crippen molar-refractivity contribution in [3.63, 3.8) is 0 Å². The van der Waals surface area contributed by atoms with E-state index >= 15 is 0 Å². The van der Waals surface area contributed by atoms with E-state index in [1.165, 1.54) is 0 Å². The Kier molecular flexibility index (Phi) is 6.27. The minimum atomic E-state index is -0.540. The van der Waals surface area contributed by atoms with Crippen molar-refractivity contribution in [2.24, 2.45) is 5.73 Å². The van der Waals surface area contributed by atoms with E-state index in [-0.39, 0.29) is 18.6 Å². The Labute approximate surface area is 157 Å². The maximum absolute atomic E-state index is 12.2. The number of nitrogens with one attached hydrogen (secondary N) is 2. The Morgan fingerprint density at radius 1 is 1.19 bits per heavy atom. The summed E-state index contributed by atoms with van der Waals surface area (Å²) >= 11 is 0. The van der Waals surface area contributed by atoms with Gasteiger partial charge in [0.1, 0.15) is 12.4 Å². The number of para-hydroxylation sites is 2. The molecule has 1 aliphatic rings. The highest BCUT2D eigenvalue weighted by atomic mass is 16.5. The van der Waals surface area contributed by atoms with Gasteiger partial charge >= 0.3 is 0 Å². The van der Waals surface area contributed by atoms with Crippen molar-refractivity contribution in [1.82, 2.24) is 0 Å². The fraction of sp³-hybridized carbons (Fsp3) is 0.300. The zero-order chi connectivity index (χ0) is 19.1.